The molecule has 0 amide bonds. The minimum atomic E-state index is -0.0378. The van der Waals surface area contributed by atoms with Crippen molar-refractivity contribution in [3.8, 4) is 0 Å². The van der Waals surface area contributed by atoms with Crippen LogP contribution in [-0.4, -0.2) is 19.1 Å². The van der Waals surface area contributed by atoms with Gasteiger partial charge in [0.25, 0.3) is 0 Å². The largest absolute Gasteiger partial charge is 0.466 e. The molecule has 0 heterocycles. The Bertz CT molecular complexity index is 228. The summed E-state index contributed by atoms with van der Waals surface area (Å²) < 4.78 is 4.92. The summed E-state index contributed by atoms with van der Waals surface area (Å²) in [6.07, 6.45) is 10.7. The topological polar surface area (TPSA) is 52.3 Å². The zero-order valence-corrected chi connectivity index (χ0v) is 13.1. The van der Waals surface area contributed by atoms with Crippen LogP contribution in [0.1, 0.15) is 64.7 Å². The van der Waals surface area contributed by atoms with Crippen molar-refractivity contribution in [2.75, 3.05) is 13.2 Å². The molecule has 1 aliphatic carbocycles. The summed E-state index contributed by atoms with van der Waals surface area (Å²) >= 11 is 0. The molecule has 1 saturated carbocycles. The Labute approximate surface area is 124 Å². The first-order chi connectivity index (χ1) is 8.76. The maximum absolute atomic E-state index is 11.2. The van der Waals surface area contributed by atoms with Crippen LogP contribution in [0.5, 0.6) is 0 Å². The van der Waals surface area contributed by atoms with Gasteiger partial charge in [-0.25, -0.2) is 0 Å². The maximum Gasteiger partial charge on any atom is 0.305 e. The average molecular weight is 292 g/mol. The molecular formula is C15H30ClNO2. The Balaban J connectivity index is 0.00000324. The number of ether oxygens (including phenoxy) is 1. The van der Waals surface area contributed by atoms with Crippen LogP contribution < -0.4 is 5.73 Å². The van der Waals surface area contributed by atoms with Gasteiger partial charge in [-0.3, -0.25) is 4.79 Å². The molecular weight excluding hydrogens is 262 g/mol. The number of hydrogen-bond donors (Lipinski definition) is 1. The van der Waals surface area contributed by atoms with Crippen molar-refractivity contribution in [1.82, 2.24) is 0 Å². The zero-order valence-electron chi connectivity index (χ0n) is 12.2. The molecule has 0 saturated heterocycles. The third-order valence-corrected chi connectivity index (χ3v) is 4.09. The van der Waals surface area contributed by atoms with E-state index in [0.29, 0.717) is 13.0 Å². The molecule has 0 aromatic carbocycles. The van der Waals surface area contributed by atoms with Crippen molar-refractivity contribution >= 4 is 18.4 Å². The number of nitrogens with two attached hydrogens (primary N) is 1. The van der Waals surface area contributed by atoms with Gasteiger partial charge in [-0.1, -0.05) is 38.5 Å². The highest BCUT2D eigenvalue weighted by Gasteiger charge is 2.20. The van der Waals surface area contributed by atoms with E-state index >= 15 is 0 Å². The second-order valence-corrected chi connectivity index (χ2v) is 5.51. The SMILES string of the molecule is CCOC(=O)CCCCC1CCC(CCN)CC1.Cl. The van der Waals surface area contributed by atoms with Crippen LogP contribution in [0.25, 0.3) is 0 Å². The highest BCUT2D eigenvalue weighted by Crippen LogP contribution is 2.33. The van der Waals surface area contributed by atoms with Gasteiger partial charge >= 0.3 is 5.97 Å². The lowest BCUT2D eigenvalue weighted by atomic mass is 9.78. The van der Waals surface area contributed by atoms with E-state index in [2.05, 4.69) is 0 Å². The molecule has 0 atom stereocenters. The zero-order chi connectivity index (χ0) is 13.2. The Kier molecular flexibility index (Phi) is 11.4. The van der Waals surface area contributed by atoms with E-state index in [-0.39, 0.29) is 18.4 Å². The minimum absolute atomic E-state index is 0. The second-order valence-electron chi connectivity index (χ2n) is 5.51. The van der Waals surface area contributed by atoms with Gasteiger partial charge in [-0.2, -0.15) is 0 Å². The first kappa shape index (κ1) is 18.7. The molecule has 3 nitrogen and oxygen atoms in total. The van der Waals surface area contributed by atoms with Crippen LogP contribution in [0.4, 0.5) is 0 Å². The Morgan fingerprint density at radius 2 is 1.68 bits per heavy atom. The van der Waals surface area contributed by atoms with Crippen LogP contribution in [-0.2, 0) is 9.53 Å². The quantitative estimate of drug-likeness (QED) is 0.548. The van der Waals surface area contributed by atoms with E-state index < -0.39 is 0 Å². The molecule has 4 heteroatoms. The lowest BCUT2D eigenvalue weighted by molar-refractivity contribution is -0.143. The molecule has 1 fully saturated rings. The normalized spacial score (nSPS) is 22.6. The fourth-order valence-corrected chi connectivity index (χ4v) is 2.98. The Morgan fingerprint density at radius 1 is 1.11 bits per heavy atom. The summed E-state index contributed by atoms with van der Waals surface area (Å²) in [6.45, 7) is 3.20. The Morgan fingerprint density at radius 3 is 2.21 bits per heavy atom. The molecule has 0 aliphatic heterocycles. The lowest BCUT2D eigenvalue weighted by Gasteiger charge is -2.28. The molecule has 0 aromatic heterocycles. The summed E-state index contributed by atoms with van der Waals surface area (Å²) in [5, 5.41) is 0. The van der Waals surface area contributed by atoms with E-state index in [9.17, 15) is 4.79 Å². The lowest BCUT2D eigenvalue weighted by Crippen LogP contribution is -2.17. The van der Waals surface area contributed by atoms with Gasteiger partial charge < -0.3 is 10.5 Å². The predicted molar refractivity (Wildman–Crippen MR) is 81.5 cm³/mol. The highest BCUT2D eigenvalue weighted by atomic mass is 35.5. The Hall–Kier alpha value is -0.280. The fourth-order valence-electron chi connectivity index (χ4n) is 2.98. The van der Waals surface area contributed by atoms with Crippen molar-refractivity contribution in [3.63, 3.8) is 0 Å². The van der Waals surface area contributed by atoms with Crippen molar-refractivity contribution in [2.45, 2.75) is 64.7 Å². The molecule has 0 unspecified atom stereocenters. The number of carbonyl (C=O) groups excluding carboxylic acids is 1. The molecule has 1 aliphatic rings. The third-order valence-electron chi connectivity index (χ3n) is 4.09. The highest BCUT2D eigenvalue weighted by molar-refractivity contribution is 5.85. The molecule has 0 spiro atoms. The van der Waals surface area contributed by atoms with Crippen molar-refractivity contribution in [3.05, 3.63) is 0 Å². The second kappa shape index (κ2) is 11.5. The monoisotopic (exact) mass is 291 g/mol. The summed E-state index contributed by atoms with van der Waals surface area (Å²) in [5.74, 6) is 1.73. The number of carbonyl (C=O) groups is 1. The number of hydrogen-bond acceptors (Lipinski definition) is 3. The number of rotatable bonds is 8. The summed E-state index contributed by atoms with van der Waals surface area (Å²) in [7, 11) is 0. The van der Waals surface area contributed by atoms with Gasteiger partial charge in [-0.05, 0) is 38.1 Å². The van der Waals surface area contributed by atoms with Gasteiger partial charge in [0.05, 0.1) is 6.61 Å². The van der Waals surface area contributed by atoms with E-state index in [1.165, 1.54) is 44.9 Å². The van der Waals surface area contributed by atoms with E-state index in [1.807, 2.05) is 6.92 Å². The van der Waals surface area contributed by atoms with Crippen molar-refractivity contribution in [1.29, 1.82) is 0 Å². The molecule has 19 heavy (non-hydrogen) atoms. The van der Waals surface area contributed by atoms with Gasteiger partial charge in [0.15, 0.2) is 0 Å². The van der Waals surface area contributed by atoms with Crippen LogP contribution in [0, 0.1) is 11.8 Å². The van der Waals surface area contributed by atoms with Crippen molar-refractivity contribution in [2.24, 2.45) is 17.6 Å². The number of esters is 1. The summed E-state index contributed by atoms with van der Waals surface area (Å²) in [4.78, 5) is 11.2. The first-order valence-electron chi connectivity index (χ1n) is 7.62. The minimum Gasteiger partial charge on any atom is -0.466 e. The molecule has 2 N–H and O–H groups in total. The van der Waals surface area contributed by atoms with Crippen LogP contribution >= 0.6 is 12.4 Å². The number of unbranched alkanes of at least 4 members (excludes halogenated alkanes) is 1. The average Bonchev–Trinajstić information content (AvgIpc) is 2.37. The van der Waals surface area contributed by atoms with Gasteiger partial charge in [-0.15, -0.1) is 12.4 Å². The predicted octanol–water partition coefficient (Wildman–Crippen LogP) is 3.69. The smallest absolute Gasteiger partial charge is 0.305 e. The van der Waals surface area contributed by atoms with Gasteiger partial charge in [0, 0.05) is 6.42 Å². The fraction of sp³-hybridized carbons (Fsp3) is 0.933. The van der Waals surface area contributed by atoms with Crippen molar-refractivity contribution < 1.29 is 9.53 Å². The van der Waals surface area contributed by atoms with E-state index in [4.69, 9.17) is 10.5 Å². The maximum atomic E-state index is 11.2. The van der Waals surface area contributed by atoms with Gasteiger partial charge in [0.1, 0.15) is 0 Å². The van der Waals surface area contributed by atoms with E-state index in [0.717, 1.165) is 24.8 Å². The summed E-state index contributed by atoms with van der Waals surface area (Å²) in [5.41, 5.74) is 5.60. The molecule has 114 valence electrons. The molecule has 0 bridgehead atoms. The summed E-state index contributed by atoms with van der Waals surface area (Å²) in [6, 6.07) is 0. The number of halogens is 1. The standard InChI is InChI=1S/C15H29NO2.ClH/c1-2-18-15(17)6-4-3-5-13-7-9-14(10-8-13)11-12-16;/h13-14H,2-12,16H2,1H3;1H. The molecule has 0 aromatic rings. The van der Waals surface area contributed by atoms with Crippen LogP contribution in [0.15, 0.2) is 0 Å². The third kappa shape index (κ3) is 8.48. The van der Waals surface area contributed by atoms with Crippen LogP contribution in [0.2, 0.25) is 0 Å². The van der Waals surface area contributed by atoms with Gasteiger partial charge in [0.2, 0.25) is 0 Å². The van der Waals surface area contributed by atoms with E-state index in [1.54, 1.807) is 0 Å². The first-order valence-corrected chi connectivity index (χ1v) is 7.62. The molecule has 0 radical (unpaired) electrons. The molecule has 1 rings (SSSR count). The van der Waals surface area contributed by atoms with Crippen LogP contribution in [0.3, 0.4) is 0 Å².